The average Bonchev–Trinajstić information content (AvgIpc) is 2.55. The van der Waals surface area contributed by atoms with Crippen LogP contribution in [0.15, 0.2) is 24.3 Å². The highest BCUT2D eigenvalue weighted by Gasteiger charge is 2.35. The molecule has 1 aromatic carbocycles. The van der Waals surface area contributed by atoms with Crippen molar-refractivity contribution in [1.29, 1.82) is 0 Å². The van der Waals surface area contributed by atoms with Crippen molar-refractivity contribution in [2.45, 2.75) is 6.04 Å². The van der Waals surface area contributed by atoms with E-state index in [0.717, 1.165) is 0 Å². The number of benzene rings is 1. The maximum Gasteiger partial charge on any atom is 0.261 e. The molecule has 2 amide bonds. The van der Waals surface area contributed by atoms with Gasteiger partial charge in [-0.15, -0.1) is 0 Å². The summed E-state index contributed by atoms with van der Waals surface area (Å²) in [7, 11) is 0. The fourth-order valence-electron chi connectivity index (χ4n) is 1.70. The minimum atomic E-state index is -0.287. The summed E-state index contributed by atoms with van der Waals surface area (Å²) >= 11 is 4.03. The number of nitrogens with zero attached hydrogens (tertiary/aromatic N) is 1. The van der Waals surface area contributed by atoms with Crippen molar-refractivity contribution in [3.63, 3.8) is 0 Å². The van der Waals surface area contributed by atoms with Gasteiger partial charge in [-0.05, 0) is 12.1 Å². The Morgan fingerprint density at radius 1 is 1.19 bits per heavy atom. The lowest BCUT2D eigenvalue weighted by Gasteiger charge is -2.17. The first-order chi connectivity index (χ1) is 7.65. The minimum Gasteiger partial charge on any atom is -0.325 e. The Bertz CT molecular complexity index is 412. The van der Waals surface area contributed by atoms with Crippen LogP contribution >= 0.6 is 12.6 Å². The van der Waals surface area contributed by atoms with Crippen LogP contribution in [0, 0.1) is 0 Å². The van der Waals surface area contributed by atoms with Gasteiger partial charge in [0.1, 0.15) is 0 Å². The van der Waals surface area contributed by atoms with E-state index in [4.69, 9.17) is 5.73 Å². The van der Waals surface area contributed by atoms with E-state index in [-0.39, 0.29) is 24.4 Å². The number of nitrogens with two attached hydrogens (primary N) is 1. The quantitative estimate of drug-likeness (QED) is 0.594. The number of thiol groups is 1. The Labute approximate surface area is 98.8 Å². The van der Waals surface area contributed by atoms with Crippen LogP contribution < -0.4 is 5.73 Å². The summed E-state index contributed by atoms with van der Waals surface area (Å²) in [5.74, 6) is -0.0939. The Hall–Kier alpha value is -1.33. The highest BCUT2D eigenvalue weighted by Crippen LogP contribution is 2.22. The maximum absolute atomic E-state index is 11.9. The van der Waals surface area contributed by atoms with E-state index < -0.39 is 0 Å². The molecule has 5 heteroatoms. The second-order valence-electron chi connectivity index (χ2n) is 3.71. The number of carbonyl (C=O) groups excluding carboxylic acids is 2. The lowest BCUT2D eigenvalue weighted by atomic mass is 10.1. The Balaban J connectivity index is 2.28. The minimum absolute atomic E-state index is 0.218. The Kier molecular flexibility index (Phi) is 2.98. The Morgan fingerprint density at radius 3 is 2.12 bits per heavy atom. The van der Waals surface area contributed by atoms with Gasteiger partial charge in [0.2, 0.25) is 0 Å². The van der Waals surface area contributed by atoms with Gasteiger partial charge in [-0.1, -0.05) is 12.1 Å². The first kappa shape index (κ1) is 11.2. The third-order valence-electron chi connectivity index (χ3n) is 2.53. The normalized spacial score (nSPS) is 16.5. The summed E-state index contributed by atoms with van der Waals surface area (Å²) in [4.78, 5) is 25.0. The van der Waals surface area contributed by atoms with E-state index in [9.17, 15) is 9.59 Å². The molecule has 0 saturated carbocycles. The largest absolute Gasteiger partial charge is 0.325 e. The van der Waals surface area contributed by atoms with Gasteiger partial charge in [0.25, 0.3) is 11.8 Å². The van der Waals surface area contributed by atoms with Crippen molar-refractivity contribution >= 4 is 24.4 Å². The van der Waals surface area contributed by atoms with E-state index >= 15 is 0 Å². The van der Waals surface area contributed by atoms with Gasteiger partial charge in [0, 0.05) is 18.3 Å². The zero-order valence-electron chi connectivity index (χ0n) is 8.59. The molecule has 1 atom stereocenters. The van der Waals surface area contributed by atoms with Crippen molar-refractivity contribution < 1.29 is 9.59 Å². The van der Waals surface area contributed by atoms with E-state index in [1.807, 2.05) is 0 Å². The van der Waals surface area contributed by atoms with E-state index in [0.29, 0.717) is 16.9 Å². The second-order valence-corrected chi connectivity index (χ2v) is 4.07. The number of carbonyl (C=O) groups is 2. The first-order valence-corrected chi connectivity index (χ1v) is 5.60. The number of imide groups is 1. The Morgan fingerprint density at radius 2 is 1.69 bits per heavy atom. The van der Waals surface area contributed by atoms with Crippen LogP contribution in [0.2, 0.25) is 0 Å². The maximum atomic E-state index is 11.9. The fraction of sp³-hybridized carbons (Fsp3) is 0.273. The summed E-state index contributed by atoms with van der Waals surface area (Å²) in [5, 5.41) is 0. The number of rotatable bonds is 3. The van der Waals surface area contributed by atoms with E-state index in [1.54, 1.807) is 24.3 Å². The molecule has 1 aliphatic rings. The van der Waals surface area contributed by atoms with Crippen LogP contribution in [-0.4, -0.2) is 35.1 Å². The van der Waals surface area contributed by atoms with Gasteiger partial charge in [-0.3, -0.25) is 14.5 Å². The topological polar surface area (TPSA) is 63.4 Å². The molecule has 0 aliphatic carbocycles. The summed E-state index contributed by atoms with van der Waals surface area (Å²) in [6.45, 7) is 0.218. The van der Waals surface area contributed by atoms with Crippen LogP contribution in [0.25, 0.3) is 0 Å². The average molecular weight is 236 g/mol. The summed E-state index contributed by atoms with van der Waals surface area (Å²) in [5.41, 5.74) is 6.60. The number of amides is 2. The fourth-order valence-corrected chi connectivity index (χ4v) is 1.81. The van der Waals surface area contributed by atoms with Crippen molar-refractivity contribution in [3.8, 4) is 0 Å². The molecule has 0 radical (unpaired) electrons. The zero-order valence-corrected chi connectivity index (χ0v) is 9.48. The van der Waals surface area contributed by atoms with Crippen LogP contribution in [0.1, 0.15) is 20.7 Å². The third kappa shape index (κ3) is 1.72. The van der Waals surface area contributed by atoms with Crippen LogP contribution in [0.4, 0.5) is 0 Å². The summed E-state index contributed by atoms with van der Waals surface area (Å²) in [6.07, 6.45) is 0. The summed E-state index contributed by atoms with van der Waals surface area (Å²) < 4.78 is 0. The molecule has 16 heavy (non-hydrogen) atoms. The van der Waals surface area contributed by atoms with E-state index in [2.05, 4.69) is 12.6 Å². The van der Waals surface area contributed by atoms with Crippen LogP contribution in [0.5, 0.6) is 0 Å². The molecule has 1 aliphatic heterocycles. The third-order valence-corrected chi connectivity index (χ3v) is 3.00. The molecule has 4 nitrogen and oxygen atoms in total. The first-order valence-electron chi connectivity index (χ1n) is 4.97. The number of fused-ring (bicyclic) bond motifs is 1. The lowest BCUT2D eigenvalue weighted by Crippen LogP contribution is -2.41. The zero-order chi connectivity index (χ0) is 11.7. The van der Waals surface area contributed by atoms with Gasteiger partial charge in [-0.2, -0.15) is 12.6 Å². The van der Waals surface area contributed by atoms with Gasteiger partial charge in [0.15, 0.2) is 0 Å². The van der Waals surface area contributed by atoms with Crippen molar-refractivity contribution in [3.05, 3.63) is 35.4 Å². The second kappa shape index (κ2) is 4.27. The van der Waals surface area contributed by atoms with Crippen molar-refractivity contribution in [2.24, 2.45) is 5.73 Å². The molecular formula is C11H12N2O2S. The highest BCUT2D eigenvalue weighted by atomic mass is 32.1. The molecular weight excluding hydrogens is 224 g/mol. The molecule has 0 saturated heterocycles. The molecule has 0 spiro atoms. The molecule has 0 aromatic heterocycles. The summed E-state index contributed by atoms with van der Waals surface area (Å²) in [6, 6.07) is 6.51. The smallest absolute Gasteiger partial charge is 0.261 e. The van der Waals surface area contributed by atoms with Gasteiger partial charge in [0.05, 0.1) is 11.1 Å². The van der Waals surface area contributed by atoms with Crippen LogP contribution in [-0.2, 0) is 0 Å². The molecule has 2 rings (SSSR count). The van der Waals surface area contributed by atoms with Crippen molar-refractivity contribution in [2.75, 3.05) is 12.3 Å². The molecule has 1 heterocycles. The van der Waals surface area contributed by atoms with Crippen LogP contribution in [0.3, 0.4) is 0 Å². The lowest BCUT2D eigenvalue weighted by molar-refractivity contribution is 0.0648. The number of hydrogen-bond donors (Lipinski definition) is 2. The predicted octanol–water partition coefficient (Wildman–Crippen LogP) is 0.540. The van der Waals surface area contributed by atoms with Crippen molar-refractivity contribution in [1.82, 2.24) is 4.90 Å². The SMILES string of the molecule is N[C@H](CS)CN1C(=O)c2ccccc2C1=O. The number of hydrogen-bond acceptors (Lipinski definition) is 4. The molecule has 1 aromatic rings. The molecule has 84 valence electrons. The highest BCUT2D eigenvalue weighted by molar-refractivity contribution is 7.80. The van der Waals surface area contributed by atoms with E-state index in [1.165, 1.54) is 4.90 Å². The molecule has 0 fully saturated rings. The molecule has 0 unspecified atom stereocenters. The monoisotopic (exact) mass is 236 g/mol. The van der Waals surface area contributed by atoms with Gasteiger partial charge in [-0.25, -0.2) is 0 Å². The standard InChI is InChI=1S/C11H12N2O2S/c12-7(6-16)5-13-10(14)8-3-1-2-4-9(8)11(13)15/h1-4,7,16H,5-6,12H2/t7-/m0/s1. The molecule has 0 bridgehead atoms. The van der Waals surface area contributed by atoms with Gasteiger partial charge < -0.3 is 5.73 Å². The predicted molar refractivity (Wildman–Crippen MR) is 63.6 cm³/mol. The molecule has 2 N–H and O–H groups in total. The van der Waals surface area contributed by atoms with Gasteiger partial charge >= 0.3 is 0 Å².